The summed E-state index contributed by atoms with van der Waals surface area (Å²) in [5.74, 6) is -2.04. The standard InChI is InChI=1S/C12H14N2O4S/c1-19-9-5-3-2-4-8(9)12(18)14-6-10(15)13-7-11(16)17/h2-5H,6-7H2,1H3,(H,13,15)(H,14,18)(H,16,17). The summed E-state index contributed by atoms with van der Waals surface area (Å²) in [6, 6.07) is 7.03. The van der Waals surface area contributed by atoms with Gasteiger partial charge in [0, 0.05) is 4.90 Å². The van der Waals surface area contributed by atoms with Crippen molar-refractivity contribution in [2.75, 3.05) is 19.3 Å². The summed E-state index contributed by atoms with van der Waals surface area (Å²) in [4.78, 5) is 34.1. The molecule has 102 valence electrons. The van der Waals surface area contributed by atoms with Crippen LogP contribution in [0.5, 0.6) is 0 Å². The molecule has 19 heavy (non-hydrogen) atoms. The van der Waals surface area contributed by atoms with Crippen LogP contribution < -0.4 is 10.6 Å². The molecule has 1 aromatic carbocycles. The lowest BCUT2D eigenvalue weighted by Gasteiger charge is -2.08. The maximum atomic E-state index is 11.8. The fraction of sp³-hybridized carbons (Fsp3) is 0.250. The Kier molecular flexibility index (Phi) is 5.87. The maximum absolute atomic E-state index is 11.8. The quantitative estimate of drug-likeness (QED) is 0.654. The van der Waals surface area contributed by atoms with Crippen LogP contribution in [0.2, 0.25) is 0 Å². The van der Waals surface area contributed by atoms with Gasteiger partial charge in [-0.15, -0.1) is 11.8 Å². The average molecular weight is 282 g/mol. The highest BCUT2D eigenvalue weighted by Gasteiger charge is 2.11. The Bertz CT molecular complexity index is 490. The first-order chi connectivity index (χ1) is 9.04. The minimum atomic E-state index is -1.13. The van der Waals surface area contributed by atoms with E-state index < -0.39 is 18.4 Å². The molecule has 1 aromatic rings. The molecule has 0 unspecified atom stereocenters. The van der Waals surface area contributed by atoms with Gasteiger partial charge in [-0.05, 0) is 18.4 Å². The van der Waals surface area contributed by atoms with E-state index in [2.05, 4.69) is 10.6 Å². The minimum absolute atomic E-state index is 0.255. The molecule has 3 N–H and O–H groups in total. The van der Waals surface area contributed by atoms with E-state index in [4.69, 9.17) is 5.11 Å². The van der Waals surface area contributed by atoms with E-state index in [-0.39, 0.29) is 12.5 Å². The van der Waals surface area contributed by atoms with Crippen LogP contribution in [0.3, 0.4) is 0 Å². The number of aliphatic carboxylic acids is 1. The predicted octanol–water partition coefficient (Wildman–Crippen LogP) is 0.339. The van der Waals surface area contributed by atoms with E-state index in [1.807, 2.05) is 18.4 Å². The summed E-state index contributed by atoms with van der Waals surface area (Å²) in [6.07, 6.45) is 1.85. The molecule has 2 amide bonds. The first-order valence-electron chi connectivity index (χ1n) is 5.44. The van der Waals surface area contributed by atoms with Crippen molar-refractivity contribution < 1.29 is 19.5 Å². The number of benzene rings is 1. The number of thioether (sulfide) groups is 1. The first kappa shape index (κ1) is 15.0. The van der Waals surface area contributed by atoms with Gasteiger partial charge < -0.3 is 15.7 Å². The van der Waals surface area contributed by atoms with Crippen molar-refractivity contribution in [2.45, 2.75) is 4.90 Å². The second-order valence-electron chi connectivity index (χ2n) is 3.55. The van der Waals surface area contributed by atoms with Gasteiger partial charge in [0.25, 0.3) is 5.91 Å². The molecule has 0 heterocycles. The van der Waals surface area contributed by atoms with Gasteiger partial charge in [-0.25, -0.2) is 0 Å². The largest absolute Gasteiger partial charge is 0.480 e. The van der Waals surface area contributed by atoms with Crippen LogP contribution in [0, 0.1) is 0 Å². The van der Waals surface area contributed by atoms with E-state index in [0.29, 0.717) is 5.56 Å². The van der Waals surface area contributed by atoms with Gasteiger partial charge in [-0.3, -0.25) is 14.4 Å². The van der Waals surface area contributed by atoms with Crippen LogP contribution in [-0.2, 0) is 9.59 Å². The lowest BCUT2D eigenvalue weighted by atomic mass is 10.2. The fourth-order valence-electron chi connectivity index (χ4n) is 1.32. The van der Waals surface area contributed by atoms with Crippen LogP contribution >= 0.6 is 11.8 Å². The highest BCUT2D eigenvalue weighted by Crippen LogP contribution is 2.19. The molecule has 0 bridgehead atoms. The molecule has 0 spiro atoms. The molecule has 1 rings (SSSR count). The van der Waals surface area contributed by atoms with Crippen LogP contribution in [0.15, 0.2) is 29.2 Å². The Morgan fingerprint density at radius 3 is 2.47 bits per heavy atom. The predicted molar refractivity (Wildman–Crippen MR) is 71.2 cm³/mol. The molecule has 0 aliphatic rings. The summed E-state index contributed by atoms with van der Waals surface area (Å²) < 4.78 is 0. The smallest absolute Gasteiger partial charge is 0.322 e. The number of carboxylic acid groups (broad SMARTS) is 1. The zero-order valence-corrected chi connectivity index (χ0v) is 11.1. The molecule has 0 saturated heterocycles. The fourth-order valence-corrected chi connectivity index (χ4v) is 1.92. The Balaban J connectivity index is 2.51. The van der Waals surface area contributed by atoms with Gasteiger partial charge >= 0.3 is 5.97 Å². The van der Waals surface area contributed by atoms with Gasteiger partial charge in [0.15, 0.2) is 0 Å². The molecular formula is C12H14N2O4S. The number of rotatable bonds is 6. The van der Waals surface area contributed by atoms with Gasteiger partial charge in [0.1, 0.15) is 6.54 Å². The first-order valence-corrected chi connectivity index (χ1v) is 6.66. The lowest BCUT2D eigenvalue weighted by molar-refractivity contribution is -0.137. The van der Waals surface area contributed by atoms with Crippen molar-refractivity contribution in [1.29, 1.82) is 0 Å². The lowest BCUT2D eigenvalue weighted by Crippen LogP contribution is -2.39. The minimum Gasteiger partial charge on any atom is -0.480 e. The Hall–Kier alpha value is -2.02. The van der Waals surface area contributed by atoms with Crippen molar-refractivity contribution in [1.82, 2.24) is 10.6 Å². The molecule has 7 heteroatoms. The van der Waals surface area contributed by atoms with E-state index in [9.17, 15) is 14.4 Å². The van der Waals surface area contributed by atoms with Crippen LogP contribution in [0.4, 0.5) is 0 Å². The zero-order chi connectivity index (χ0) is 14.3. The number of amides is 2. The van der Waals surface area contributed by atoms with E-state index in [1.165, 1.54) is 11.8 Å². The molecule has 0 radical (unpaired) electrons. The van der Waals surface area contributed by atoms with Gasteiger partial charge in [-0.2, -0.15) is 0 Å². The number of carbonyl (C=O) groups is 3. The van der Waals surface area contributed by atoms with Crippen molar-refractivity contribution >= 4 is 29.5 Å². The number of nitrogens with one attached hydrogen (secondary N) is 2. The van der Waals surface area contributed by atoms with Gasteiger partial charge in [0.2, 0.25) is 5.91 Å². The van der Waals surface area contributed by atoms with Crippen molar-refractivity contribution in [3.8, 4) is 0 Å². The second kappa shape index (κ2) is 7.42. The van der Waals surface area contributed by atoms with Gasteiger partial charge in [-0.1, -0.05) is 12.1 Å². The number of carbonyl (C=O) groups excluding carboxylic acids is 2. The molecule has 0 aliphatic carbocycles. The average Bonchev–Trinajstić information content (AvgIpc) is 2.42. The highest BCUT2D eigenvalue weighted by atomic mass is 32.2. The molecule has 0 fully saturated rings. The summed E-state index contributed by atoms with van der Waals surface area (Å²) in [7, 11) is 0. The summed E-state index contributed by atoms with van der Waals surface area (Å²) in [6.45, 7) is -0.717. The number of carboxylic acids is 1. The Morgan fingerprint density at radius 1 is 1.16 bits per heavy atom. The number of hydrogen-bond donors (Lipinski definition) is 3. The van der Waals surface area contributed by atoms with Crippen molar-refractivity contribution in [3.63, 3.8) is 0 Å². The van der Waals surface area contributed by atoms with E-state index in [1.54, 1.807) is 12.1 Å². The summed E-state index contributed by atoms with van der Waals surface area (Å²) in [5.41, 5.74) is 0.487. The second-order valence-corrected chi connectivity index (χ2v) is 4.40. The van der Waals surface area contributed by atoms with Crippen molar-refractivity contribution in [3.05, 3.63) is 29.8 Å². The van der Waals surface area contributed by atoms with Crippen LogP contribution in [0.1, 0.15) is 10.4 Å². The topological polar surface area (TPSA) is 95.5 Å². The molecular weight excluding hydrogens is 268 g/mol. The van der Waals surface area contributed by atoms with Crippen molar-refractivity contribution in [2.24, 2.45) is 0 Å². The van der Waals surface area contributed by atoms with Gasteiger partial charge in [0.05, 0.1) is 12.1 Å². The van der Waals surface area contributed by atoms with Crippen LogP contribution in [0.25, 0.3) is 0 Å². The Morgan fingerprint density at radius 2 is 1.84 bits per heavy atom. The van der Waals surface area contributed by atoms with E-state index >= 15 is 0 Å². The third kappa shape index (κ3) is 5.01. The molecule has 6 nitrogen and oxygen atoms in total. The maximum Gasteiger partial charge on any atom is 0.322 e. The van der Waals surface area contributed by atoms with Crippen LogP contribution in [-0.4, -0.2) is 42.2 Å². The number of hydrogen-bond acceptors (Lipinski definition) is 4. The molecule has 0 atom stereocenters. The monoisotopic (exact) mass is 282 g/mol. The molecule has 0 aliphatic heterocycles. The highest BCUT2D eigenvalue weighted by molar-refractivity contribution is 7.98. The Labute approximate surface area is 114 Å². The third-order valence-electron chi connectivity index (χ3n) is 2.20. The third-order valence-corrected chi connectivity index (χ3v) is 2.99. The summed E-state index contributed by atoms with van der Waals surface area (Å²) >= 11 is 1.43. The molecule has 0 aromatic heterocycles. The SMILES string of the molecule is CSc1ccccc1C(=O)NCC(=O)NCC(=O)O. The normalized spacial score (nSPS) is 9.74. The zero-order valence-electron chi connectivity index (χ0n) is 10.3. The molecule has 0 saturated carbocycles. The van der Waals surface area contributed by atoms with E-state index in [0.717, 1.165) is 4.90 Å². The summed E-state index contributed by atoms with van der Waals surface area (Å²) in [5, 5.41) is 13.0.